The topological polar surface area (TPSA) is 41.6 Å². The number of halogens is 1. The molecule has 1 aromatic rings. The quantitative estimate of drug-likeness (QED) is 0.883. The summed E-state index contributed by atoms with van der Waals surface area (Å²) in [6.07, 6.45) is 2.26. The molecule has 1 aromatic carbocycles. The van der Waals surface area contributed by atoms with Gasteiger partial charge >= 0.3 is 0 Å². The first kappa shape index (κ1) is 16.3. The van der Waals surface area contributed by atoms with E-state index in [-0.39, 0.29) is 11.9 Å². The molecular weight excluding hydrogens is 332 g/mol. The molecule has 1 atom stereocenters. The van der Waals surface area contributed by atoms with Crippen LogP contribution in [-0.4, -0.2) is 43.1 Å². The van der Waals surface area contributed by atoms with Crippen molar-refractivity contribution in [3.05, 3.63) is 28.7 Å². The summed E-state index contributed by atoms with van der Waals surface area (Å²) in [4.78, 5) is 14.6. The summed E-state index contributed by atoms with van der Waals surface area (Å²) in [5.41, 5.74) is 0. The number of nitrogens with one attached hydrogen (secondary N) is 1. The zero-order valence-electron chi connectivity index (χ0n) is 12.6. The fourth-order valence-electron chi connectivity index (χ4n) is 2.45. The maximum Gasteiger partial charge on any atom is 0.261 e. The van der Waals surface area contributed by atoms with Crippen molar-refractivity contribution in [1.29, 1.82) is 0 Å². The standard InChI is InChI=1S/C16H23BrN2O2/c1-3-15(21-14-6-4-12(17)5-7-14)16(20)18-13-8-10-19(2)11-9-13/h4-7,13,15H,3,8-11H2,1-2H3,(H,18,20)/t15-/m1/s1. The van der Waals surface area contributed by atoms with Crippen LogP contribution in [0.25, 0.3) is 0 Å². The summed E-state index contributed by atoms with van der Waals surface area (Å²) in [5.74, 6) is 0.721. The van der Waals surface area contributed by atoms with Gasteiger partial charge in [0.1, 0.15) is 5.75 Å². The Morgan fingerprint density at radius 2 is 2.00 bits per heavy atom. The maximum absolute atomic E-state index is 12.3. The minimum Gasteiger partial charge on any atom is -0.481 e. The van der Waals surface area contributed by atoms with Crippen LogP contribution in [0.15, 0.2) is 28.7 Å². The molecule has 1 aliphatic rings. The molecule has 0 bridgehead atoms. The molecule has 21 heavy (non-hydrogen) atoms. The lowest BCUT2D eigenvalue weighted by Crippen LogP contribution is -2.47. The van der Waals surface area contributed by atoms with Crippen LogP contribution in [0.4, 0.5) is 0 Å². The largest absolute Gasteiger partial charge is 0.481 e. The van der Waals surface area contributed by atoms with E-state index in [1.807, 2.05) is 31.2 Å². The molecule has 1 amide bonds. The van der Waals surface area contributed by atoms with Crippen LogP contribution in [0.5, 0.6) is 5.75 Å². The molecule has 1 fully saturated rings. The van der Waals surface area contributed by atoms with Crippen molar-refractivity contribution in [3.8, 4) is 5.75 Å². The molecule has 1 saturated heterocycles. The molecule has 1 aliphatic heterocycles. The molecule has 116 valence electrons. The molecule has 0 aliphatic carbocycles. The molecule has 4 nitrogen and oxygen atoms in total. The lowest BCUT2D eigenvalue weighted by molar-refractivity contribution is -0.129. The maximum atomic E-state index is 12.3. The zero-order chi connectivity index (χ0) is 15.2. The number of carbonyl (C=O) groups excluding carboxylic acids is 1. The number of carbonyl (C=O) groups is 1. The second-order valence-corrected chi connectivity index (χ2v) is 6.47. The highest BCUT2D eigenvalue weighted by atomic mass is 79.9. The molecule has 1 N–H and O–H groups in total. The van der Waals surface area contributed by atoms with Crippen LogP contribution in [-0.2, 0) is 4.79 Å². The summed E-state index contributed by atoms with van der Waals surface area (Å²) in [6.45, 7) is 4.04. The zero-order valence-corrected chi connectivity index (χ0v) is 14.2. The Hall–Kier alpha value is -1.07. The minimum absolute atomic E-state index is 0.00466. The number of ether oxygens (including phenoxy) is 1. The summed E-state index contributed by atoms with van der Waals surface area (Å²) in [7, 11) is 2.11. The number of piperidine rings is 1. The molecule has 1 heterocycles. The van der Waals surface area contributed by atoms with Gasteiger partial charge in [-0.3, -0.25) is 4.79 Å². The van der Waals surface area contributed by atoms with Crippen molar-refractivity contribution < 1.29 is 9.53 Å². The monoisotopic (exact) mass is 354 g/mol. The van der Waals surface area contributed by atoms with Crippen LogP contribution in [0.3, 0.4) is 0 Å². The fourth-order valence-corrected chi connectivity index (χ4v) is 2.71. The van der Waals surface area contributed by atoms with E-state index in [0.717, 1.165) is 36.2 Å². The van der Waals surface area contributed by atoms with Gasteiger partial charge in [0.25, 0.3) is 5.91 Å². The molecular formula is C16H23BrN2O2. The highest BCUT2D eigenvalue weighted by Crippen LogP contribution is 2.18. The van der Waals surface area contributed by atoms with E-state index >= 15 is 0 Å². The van der Waals surface area contributed by atoms with E-state index < -0.39 is 6.10 Å². The number of benzene rings is 1. The van der Waals surface area contributed by atoms with E-state index in [1.165, 1.54) is 0 Å². The first-order chi connectivity index (χ1) is 10.1. The van der Waals surface area contributed by atoms with E-state index in [2.05, 4.69) is 33.2 Å². The second kappa shape index (κ2) is 7.80. The third kappa shape index (κ3) is 5.00. The summed E-state index contributed by atoms with van der Waals surface area (Å²) >= 11 is 3.39. The number of nitrogens with zero attached hydrogens (tertiary/aromatic N) is 1. The third-order valence-corrected chi connectivity index (χ3v) is 4.35. The lowest BCUT2D eigenvalue weighted by atomic mass is 10.1. The highest BCUT2D eigenvalue weighted by molar-refractivity contribution is 9.10. The molecule has 0 aromatic heterocycles. The Bertz CT molecular complexity index is 456. The SMILES string of the molecule is CC[C@@H](Oc1ccc(Br)cc1)C(=O)NC1CCN(C)CC1. The average Bonchev–Trinajstić information content (AvgIpc) is 2.49. The van der Waals surface area contributed by atoms with E-state index in [9.17, 15) is 4.79 Å². The summed E-state index contributed by atoms with van der Waals surface area (Å²) < 4.78 is 6.80. The van der Waals surface area contributed by atoms with Crippen molar-refractivity contribution >= 4 is 21.8 Å². The van der Waals surface area contributed by atoms with Crippen molar-refractivity contribution in [1.82, 2.24) is 10.2 Å². The molecule has 0 saturated carbocycles. The van der Waals surface area contributed by atoms with Gasteiger partial charge in [-0.15, -0.1) is 0 Å². The lowest BCUT2D eigenvalue weighted by Gasteiger charge is -2.30. The van der Waals surface area contributed by atoms with Crippen molar-refractivity contribution in [2.45, 2.75) is 38.3 Å². The van der Waals surface area contributed by atoms with Gasteiger partial charge in [0.05, 0.1) is 0 Å². The van der Waals surface area contributed by atoms with Crippen LogP contribution in [0.1, 0.15) is 26.2 Å². The van der Waals surface area contributed by atoms with Crippen molar-refractivity contribution in [2.75, 3.05) is 20.1 Å². The highest BCUT2D eigenvalue weighted by Gasteiger charge is 2.23. The fraction of sp³-hybridized carbons (Fsp3) is 0.562. The van der Waals surface area contributed by atoms with Crippen LogP contribution >= 0.6 is 15.9 Å². The summed E-state index contributed by atoms with van der Waals surface area (Å²) in [5, 5.41) is 3.12. The van der Waals surface area contributed by atoms with Gasteiger partial charge < -0.3 is 15.0 Å². The van der Waals surface area contributed by atoms with Gasteiger partial charge in [-0.2, -0.15) is 0 Å². The predicted octanol–water partition coefficient (Wildman–Crippen LogP) is 2.82. The first-order valence-corrected chi connectivity index (χ1v) is 8.29. The molecule has 0 unspecified atom stereocenters. The van der Waals surface area contributed by atoms with Crippen LogP contribution in [0, 0.1) is 0 Å². The first-order valence-electron chi connectivity index (χ1n) is 7.49. The average molecular weight is 355 g/mol. The van der Waals surface area contributed by atoms with Crippen molar-refractivity contribution in [3.63, 3.8) is 0 Å². The Labute approximate surface area is 135 Å². The van der Waals surface area contributed by atoms with E-state index in [0.29, 0.717) is 6.42 Å². The van der Waals surface area contributed by atoms with Gasteiger partial charge in [0.15, 0.2) is 6.10 Å². The number of hydrogen-bond donors (Lipinski definition) is 1. The van der Waals surface area contributed by atoms with Gasteiger partial charge in [-0.25, -0.2) is 0 Å². The number of rotatable bonds is 5. The second-order valence-electron chi connectivity index (χ2n) is 5.55. The Morgan fingerprint density at radius 3 is 2.57 bits per heavy atom. The van der Waals surface area contributed by atoms with Crippen LogP contribution in [0.2, 0.25) is 0 Å². The van der Waals surface area contributed by atoms with Crippen molar-refractivity contribution in [2.24, 2.45) is 0 Å². The normalized spacial score (nSPS) is 18.2. The molecule has 2 rings (SSSR count). The van der Waals surface area contributed by atoms with Crippen LogP contribution < -0.4 is 10.1 Å². The molecule has 0 spiro atoms. The van der Waals surface area contributed by atoms with Gasteiger partial charge in [0, 0.05) is 10.5 Å². The van der Waals surface area contributed by atoms with Gasteiger partial charge in [-0.05, 0) is 63.7 Å². The third-order valence-electron chi connectivity index (χ3n) is 3.82. The number of hydrogen-bond acceptors (Lipinski definition) is 3. The minimum atomic E-state index is -0.425. The van der Waals surface area contributed by atoms with E-state index in [4.69, 9.17) is 4.74 Å². The van der Waals surface area contributed by atoms with Gasteiger partial charge in [0.2, 0.25) is 0 Å². The summed E-state index contributed by atoms with van der Waals surface area (Å²) in [6, 6.07) is 7.84. The number of amides is 1. The van der Waals surface area contributed by atoms with E-state index in [1.54, 1.807) is 0 Å². The smallest absolute Gasteiger partial charge is 0.261 e. The molecule has 5 heteroatoms. The predicted molar refractivity (Wildman–Crippen MR) is 87.5 cm³/mol. The molecule has 0 radical (unpaired) electrons. The van der Waals surface area contributed by atoms with Gasteiger partial charge in [-0.1, -0.05) is 22.9 Å². The Kier molecular flexibility index (Phi) is 6.06. The Morgan fingerprint density at radius 1 is 1.38 bits per heavy atom. The Balaban J connectivity index is 1.87. The number of likely N-dealkylation sites (tertiary alicyclic amines) is 1.